The number of benzene rings is 2. The van der Waals surface area contributed by atoms with E-state index in [9.17, 15) is 4.79 Å². The van der Waals surface area contributed by atoms with Gasteiger partial charge in [0.2, 0.25) is 5.78 Å². The Morgan fingerprint density at radius 1 is 1.17 bits per heavy atom. The Bertz CT molecular complexity index is 1100. The van der Waals surface area contributed by atoms with E-state index in [1.807, 2.05) is 37.3 Å². The molecule has 3 heterocycles. The van der Waals surface area contributed by atoms with E-state index in [4.69, 9.17) is 14.2 Å². The molecule has 30 heavy (non-hydrogen) atoms. The van der Waals surface area contributed by atoms with Crippen LogP contribution in [0.3, 0.4) is 0 Å². The van der Waals surface area contributed by atoms with Gasteiger partial charge >= 0.3 is 0 Å². The van der Waals surface area contributed by atoms with Crippen LogP contribution in [0.15, 0.2) is 59.7 Å². The van der Waals surface area contributed by atoms with Gasteiger partial charge in [0, 0.05) is 18.0 Å². The lowest BCUT2D eigenvalue weighted by atomic mass is 10.0. The van der Waals surface area contributed by atoms with Crippen molar-refractivity contribution in [3.63, 3.8) is 0 Å². The Labute approximate surface area is 179 Å². The zero-order chi connectivity index (χ0) is 20.5. The molecule has 0 bridgehead atoms. The molecule has 0 saturated carbocycles. The van der Waals surface area contributed by atoms with Gasteiger partial charge in [-0.2, -0.15) is 0 Å². The van der Waals surface area contributed by atoms with Gasteiger partial charge in [-0.15, -0.1) is 11.3 Å². The molecule has 3 aromatic rings. The third kappa shape index (κ3) is 3.60. The summed E-state index contributed by atoms with van der Waals surface area (Å²) in [7, 11) is 0. The average molecular weight is 420 g/mol. The van der Waals surface area contributed by atoms with E-state index in [1.165, 1.54) is 4.88 Å². The third-order valence-corrected chi connectivity index (χ3v) is 5.99. The minimum atomic E-state index is -0.0999. The van der Waals surface area contributed by atoms with Crippen molar-refractivity contribution in [1.29, 1.82) is 0 Å². The summed E-state index contributed by atoms with van der Waals surface area (Å²) < 4.78 is 17.5. The molecule has 6 heteroatoms. The summed E-state index contributed by atoms with van der Waals surface area (Å²) in [5, 5.41) is 2.07. The predicted molar refractivity (Wildman–Crippen MR) is 116 cm³/mol. The van der Waals surface area contributed by atoms with E-state index in [-0.39, 0.29) is 5.78 Å². The zero-order valence-electron chi connectivity index (χ0n) is 16.6. The van der Waals surface area contributed by atoms with Crippen molar-refractivity contribution in [1.82, 2.24) is 4.90 Å². The number of rotatable bonds is 5. The summed E-state index contributed by atoms with van der Waals surface area (Å²) in [4.78, 5) is 16.4. The summed E-state index contributed by atoms with van der Waals surface area (Å²) >= 11 is 1.73. The first-order valence-electron chi connectivity index (χ1n) is 9.92. The van der Waals surface area contributed by atoms with Gasteiger partial charge in [-0.05, 0) is 54.3 Å². The minimum absolute atomic E-state index is 0.0999. The van der Waals surface area contributed by atoms with Gasteiger partial charge in [-0.1, -0.05) is 18.2 Å². The Kier molecular flexibility index (Phi) is 5.02. The van der Waals surface area contributed by atoms with E-state index in [0.717, 1.165) is 29.2 Å². The molecule has 0 N–H and O–H groups in total. The van der Waals surface area contributed by atoms with Crippen LogP contribution < -0.4 is 14.2 Å². The fraction of sp³-hybridized carbons (Fsp3) is 0.208. The SMILES string of the molecule is CCOc1ccc(/C=C2\Oc3c(ccc4c3CN(Cc3cccs3)CO4)C2=O)cc1. The lowest BCUT2D eigenvalue weighted by molar-refractivity contribution is 0.0882. The van der Waals surface area contributed by atoms with Crippen LogP contribution in [0.1, 0.15) is 33.3 Å². The smallest absolute Gasteiger partial charge is 0.231 e. The maximum atomic E-state index is 12.9. The van der Waals surface area contributed by atoms with E-state index in [2.05, 4.69) is 22.4 Å². The van der Waals surface area contributed by atoms with Crippen molar-refractivity contribution in [3.8, 4) is 17.2 Å². The second-order valence-corrected chi connectivity index (χ2v) is 8.23. The van der Waals surface area contributed by atoms with Gasteiger partial charge in [0.05, 0.1) is 17.7 Å². The molecule has 0 spiro atoms. The fourth-order valence-corrected chi connectivity index (χ4v) is 4.45. The number of carbonyl (C=O) groups is 1. The van der Waals surface area contributed by atoms with E-state index in [0.29, 0.717) is 37.0 Å². The van der Waals surface area contributed by atoms with Crippen LogP contribution in [0.2, 0.25) is 0 Å². The molecule has 0 saturated heterocycles. The van der Waals surface area contributed by atoms with Crippen LogP contribution in [0.25, 0.3) is 6.08 Å². The number of allylic oxidation sites excluding steroid dienone is 1. The van der Waals surface area contributed by atoms with Crippen LogP contribution in [-0.2, 0) is 13.1 Å². The highest BCUT2D eigenvalue weighted by Crippen LogP contribution is 2.42. The number of thiophene rings is 1. The second kappa shape index (κ2) is 7.97. The highest BCUT2D eigenvalue weighted by molar-refractivity contribution is 7.09. The second-order valence-electron chi connectivity index (χ2n) is 7.20. The predicted octanol–water partition coefficient (Wildman–Crippen LogP) is 5.12. The Morgan fingerprint density at radius 2 is 2.03 bits per heavy atom. The summed E-state index contributed by atoms with van der Waals surface area (Å²) in [5.41, 5.74) is 2.41. The molecule has 152 valence electrons. The maximum Gasteiger partial charge on any atom is 0.231 e. The minimum Gasteiger partial charge on any atom is -0.494 e. The van der Waals surface area contributed by atoms with Crippen LogP contribution in [0, 0.1) is 0 Å². The van der Waals surface area contributed by atoms with Gasteiger partial charge in [-0.3, -0.25) is 9.69 Å². The molecule has 0 radical (unpaired) electrons. The molecular weight excluding hydrogens is 398 g/mol. The van der Waals surface area contributed by atoms with Crippen LogP contribution in [0.4, 0.5) is 0 Å². The first kappa shape index (κ1) is 18.9. The standard InChI is InChI=1S/C24H21NO4S/c1-2-27-17-7-5-16(6-8-17)12-22-23(26)19-9-10-21-20(24(19)29-22)14-25(15-28-21)13-18-4-3-11-30-18/h3-12H,2,13-15H2,1H3/b22-12-. The Balaban J connectivity index is 1.40. The first-order chi connectivity index (χ1) is 14.7. The van der Waals surface area contributed by atoms with Gasteiger partial charge in [0.1, 0.15) is 24.0 Å². The number of carbonyl (C=O) groups excluding carboxylic acids is 1. The quantitative estimate of drug-likeness (QED) is 0.538. The van der Waals surface area contributed by atoms with Crippen molar-refractivity contribution in [2.24, 2.45) is 0 Å². The van der Waals surface area contributed by atoms with Gasteiger partial charge < -0.3 is 14.2 Å². The third-order valence-electron chi connectivity index (χ3n) is 5.13. The Morgan fingerprint density at radius 3 is 2.80 bits per heavy atom. The monoisotopic (exact) mass is 419 g/mol. The molecule has 0 aliphatic carbocycles. The molecule has 5 rings (SSSR count). The molecule has 2 aliphatic heterocycles. The molecular formula is C24H21NO4S. The molecule has 0 fully saturated rings. The number of Topliss-reactive ketones (excluding diaryl/α,β-unsaturated/α-hetero) is 1. The summed E-state index contributed by atoms with van der Waals surface area (Å²) in [6.07, 6.45) is 1.78. The number of ketones is 1. The van der Waals surface area contributed by atoms with E-state index < -0.39 is 0 Å². The maximum absolute atomic E-state index is 12.9. The van der Waals surface area contributed by atoms with Crippen molar-refractivity contribution >= 4 is 23.2 Å². The highest BCUT2D eigenvalue weighted by atomic mass is 32.1. The van der Waals surface area contributed by atoms with Crippen LogP contribution >= 0.6 is 11.3 Å². The summed E-state index contributed by atoms with van der Waals surface area (Å²) in [6, 6.07) is 15.4. The summed E-state index contributed by atoms with van der Waals surface area (Å²) in [5.74, 6) is 2.44. The first-order valence-corrected chi connectivity index (χ1v) is 10.8. The van der Waals surface area contributed by atoms with E-state index >= 15 is 0 Å². The normalized spacial score (nSPS) is 16.7. The van der Waals surface area contributed by atoms with Crippen molar-refractivity contribution in [2.45, 2.75) is 20.0 Å². The number of hydrogen-bond donors (Lipinski definition) is 0. The van der Waals surface area contributed by atoms with Crippen molar-refractivity contribution in [2.75, 3.05) is 13.3 Å². The van der Waals surface area contributed by atoms with Crippen LogP contribution in [-0.4, -0.2) is 24.0 Å². The molecule has 2 aromatic carbocycles. The number of fused-ring (bicyclic) bond motifs is 3. The molecule has 0 atom stereocenters. The van der Waals surface area contributed by atoms with Gasteiger partial charge in [0.25, 0.3) is 0 Å². The number of ether oxygens (including phenoxy) is 3. The van der Waals surface area contributed by atoms with Crippen molar-refractivity contribution < 1.29 is 19.0 Å². The number of hydrogen-bond acceptors (Lipinski definition) is 6. The van der Waals surface area contributed by atoms with E-state index in [1.54, 1.807) is 23.5 Å². The summed E-state index contributed by atoms with van der Waals surface area (Å²) in [6.45, 7) is 4.58. The topological polar surface area (TPSA) is 48.0 Å². The Hall–Kier alpha value is -3.09. The molecule has 1 aromatic heterocycles. The van der Waals surface area contributed by atoms with Gasteiger partial charge in [0.15, 0.2) is 5.76 Å². The molecule has 0 amide bonds. The lowest BCUT2D eigenvalue weighted by Crippen LogP contribution is -2.31. The largest absolute Gasteiger partial charge is 0.494 e. The average Bonchev–Trinajstić information content (AvgIpc) is 3.38. The fourth-order valence-electron chi connectivity index (χ4n) is 3.71. The number of nitrogens with zero attached hydrogens (tertiary/aromatic N) is 1. The molecule has 2 aliphatic rings. The lowest BCUT2D eigenvalue weighted by Gasteiger charge is -2.29. The highest BCUT2D eigenvalue weighted by Gasteiger charge is 2.33. The molecule has 5 nitrogen and oxygen atoms in total. The van der Waals surface area contributed by atoms with Gasteiger partial charge in [-0.25, -0.2) is 0 Å². The van der Waals surface area contributed by atoms with Crippen LogP contribution in [0.5, 0.6) is 17.2 Å². The van der Waals surface area contributed by atoms with Crippen molar-refractivity contribution in [3.05, 3.63) is 81.2 Å². The molecule has 0 unspecified atom stereocenters. The zero-order valence-corrected chi connectivity index (χ0v) is 17.4.